The standard InChI is InChI=1S/C15H15N3O2/c1-8-11(7-13(19)20)15(18-17-8)14-9(2)16-12-6-4-3-5-10(12)14/h3-6,16H,7H2,1-2H3,(H,17,18)(H,19,20). The summed E-state index contributed by atoms with van der Waals surface area (Å²) in [5, 5.41) is 17.3. The molecule has 0 aliphatic carbocycles. The van der Waals surface area contributed by atoms with Gasteiger partial charge in [-0.3, -0.25) is 9.89 Å². The molecule has 0 aliphatic rings. The quantitative estimate of drug-likeness (QED) is 0.683. The number of rotatable bonds is 3. The van der Waals surface area contributed by atoms with E-state index in [4.69, 9.17) is 5.11 Å². The van der Waals surface area contributed by atoms with Gasteiger partial charge in [-0.05, 0) is 19.9 Å². The zero-order valence-corrected chi connectivity index (χ0v) is 11.3. The van der Waals surface area contributed by atoms with Gasteiger partial charge >= 0.3 is 5.97 Å². The lowest BCUT2D eigenvalue weighted by atomic mass is 10.0. The van der Waals surface area contributed by atoms with E-state index in [2.05, 4.69) is 15.2 Å². The van der Waals surface area contributed by atoms with Gasteiger partial charge in [0.15, 0.2) is 0 Å². The molecule has 3 rings (SSSR count). The van der Waals surface area contributed by atoms with E-state index in [1.54, 1.807) is 0 Å². The third-order valence-corrected chi connectivity index (χ3v) is 3.53. The lowest BCUT2D eigenvalue weighted by molar-refractivity contribution is -0.136. The van der Waals surface area contributed by atoms with Crippen LogP contribution in [0.25, 0.3) is 22.2 Å². The van der Waals surface area contributed by atoms with Crippen LogP contribution in [0.5, 0.6) is 0 Å². The zero-order valence-electron chi connectivity index (χ0n) is 11.3. The second-order valence-electron chi connectivity index (χ2n) is 4.92. The second kappa shape index (κ2) is 4.52. The Morgan fingerprint density at radius 1 is 1.25 bits per heavy atom. The SMILES string of the molecule is Cc1[nH]nc(-c2c(C)[nH]c3ccccc23)c1CC(=O)O. The van der Waals surface area contributed by atoms with E-state index in [0.29, 0.717) is 0 Å². The minimum absolute atomic E-state index is 0.0311. The molecule has 2 heterocycles. The first-order valence-electron chi connectivity index (χ1n) is 6.41. The van der Waals surface area contributed by atoms with Gasteiger partial charge < -0.3 is 10.1 Å². The molecule has 0 saturated heterocycles. The van der Waals surface area contributed by atoms with Crippen LogP contribution in [0.2, 0.25) is 0 Å². The lowest BCUT2D eigenvalue weighted by Crippen LogP contribution is -2.02. The molecule has 20 heavy (non-hydrogen) atoms. The number of hydrogen-bond donors (Lipinski definition) is 3. The number of carboxylic acids is 1. The molecule has 2 aromatic heterocycles. The number of aromatic nitrogens is 3. The molecule has 3 N–H and O–H groups in total. The number of carbonyl (C=O) groups is 1. The van der Waals surface area contributed by atoms with Gasteiger partial charge in [0.1, 0.15) is 0 Å². The Bertz CT molecular complexity index is 799. The molecule has 0 spiro atoms. The third kappa shape index (κ3) is 1.87. The highest BCUT2D eigenvalue weighted by molar-refractivity contribution is 5.97. The smallest absolute Gasteiger partial charge is 0.307 e. The largest absolute Gasteiger partial charge is 0.481 e. The summed E-state index contributed by atoms with van der Waals surface area (Å²) in [4.78, 5) is 14.4. The van der Waals surface area contributed by atoms with Crippen molar-refractivity contribution in [1.29, 1.82) is 0 Å². The fourth-order valence-corrected chi connectivity index (χ4v) is 2.61. The highest BCUT2D eigenvalue weighted by atomic mass is 16.4. The van der Waals surface area contributed by atoms with Crippen molar-refractivity contribution in [3.8, 4) is 11.3 Å². The molecule has 0 bridgehead atoms. The summed E-state index contributed by atoms with van der Waals surface area (Å²) in [6.45, 7) is 3.82. The first kappa shape index (κ1) is 12.5. The number of hydrogen-bond acceptors (Lipinski definition) is 2. The Labute approximate surface area is 115 Å². The van der Waals surface area contributed by atoms with Crippen LogP contribution in [0.3, 0.4) is 0 Å². The Kier molecular flexibility index (Phi) is 2.82. The number of H-pyrrole nitrogens is 2. The van der Waals surface area contributed by atoms with E-state index in [-0.39, 0.29) is 6.42 Å². The molecular weight excluding hydrogens is 254 g/mol. The molecular formula is C15H15N3O2. The van der Waals surface area contributed by atoms with Gasteiger partial charge in [-0.25, -0.2) is 0 Å². The first-order chi connectivity index (χ1) is 9.58. The summed E-state index contributed by atoms with van der Waals surface area (Å²) in [5.74, 6) is -0.853. The van der Waals surface area contributed by atoms with Crippen molar-refractivity contribution in [2.75, 3.05) is 0 Å². The summed E-state index contributed by atoms with van der Waals surface area (Å²) in [6, 6.07) is 7.95. The van der Waals surface area contributed by atoms with Gasteiger partial charge in [0.25, 0.3) is 0 Å². The molecule has 0 atom stereocenters. The molecule has 1 aromatic carbocycles. The number of aryl methyl sites for hydroxylation is 2. The van der Waals surface area contributed by atoms with Crippen LogP contribution < -0.4 is 0 Å². The number of aliphatic carboxylic acids is 1. The minimum Gasteiger partial charge on any atom is -0.481 e. The van der Waals surface area contributed by atoms with Crippen LogP contribution in [0.1, 0.15) is 17.0 Å². The van der Waals surface area contributed by atoms with Crippen molar-refractivity contribution in [1.82, 2.24) is 15.2 Å². The van der Waals surface area contributed by atoms with Crippen LogP contribution in [0, 0.1) is 13.8 Å². The highest BCUT2D eigenvalue weighted by Gasteiger charge is 2.19. The zero-order chi connectivity index (χ0) is 14.3. The molecule has 0 saturated carbocycles. The van der Waals surface area contributed by atoms with Crippen LogP contribution in [-0.2, 0) is 11.2 Å². The molecule has 0 aliphatic heterocycles. The van der Waals surface area contributed by atoms with E-state index < -0.39 is 5.97 Å². The Hall–Kier alpha value is -2.56. The monoisotopic (exact) mass is 269 g/mol. The molecule has 5 nitrogen and oxygen atoms in total. The molecule has 5 heteroatoms. The lowest BCUT2D eigenvalue weighted by Gasteiger charge is -2.02. The third-order valence-electron chi connectivity index (χ3n) is 3.53. The summed E-state index contributed by atoms with van der Waals surface area (Å²) < 4.78 is 0. The predicted molar refractivity (Wildman–Crippen MR) is 76.7 cm³/mol. The molecule has 0 unspecified atom stereocenters. The number of fused-ring (bicyclic) bond motifs is 1. The van der Waals surface area contributed by atoms with E-state index in [1.807, 2.05) is 38.1 Å². The average molecular weight is 269 g/mol. The van der Waals surface area contributed by atoms with Crippen LogP contribution in [0.4, 0.5) is 0 Å². The number of benzene rings is 1. The van der Waals surface area contributed by atoms with Gasteiger partial charge in [0, 0.05) is 33.4 Å². The van der Waals surface area contributed by atoms with Crippen LogP contribution in [-0.4, -0.2) is 26.3 Å². The van der Waals surface area contributed by atoms with Crippen molar-refractivity contribution >= 4 is 16.9 Å². The minimum atomic E-state index is -0.853. The van der Waals surface area contributed by atoms with Gasteiger partial charge in [-0.15, -0.1) is 0 Å². The Balaban J connectivity index is 2.26. The molecule has 3 aromatic rings. The van der Waals surface area contributed by atoms with E-state index in [1.165, 1.54) is 0 Å². The normalized spacial score (nSPS) is 11.1. The molecule has 0 fully saturated rings. The van der Waals surface area contributed by atoms with Gasteiger partial charge in [0.05, 0.1) is 12.1 Å². The highest BCUT2D eigenvalue weighted by Crippen LogP contribution is 2.33. The maximum Gasteiger partial charge on any atom is 0.307 e. The van der Waals surface area contributed by atoms with Gasteiger partial charge in [0.2, 0.25) is 0 Å². The van der Waals surface area contributed by atoms with Crippen LogP contribution in [0.15, 0.2) is 24.3 Å². The Morgan fingerprint density at radius 3 is 2.75 bits per heavy atom. The van der Waals surface area contributed by atoms with Crippen molar-refractivity contribution in [3.05, 3.63) is 41.2 Å². The fourth-order valence-electron chi connectivity index (χ4n) is 2.61. The summed E-state index contributed by atoms with van der Waals surface area (Å²) in [6.07, 6.45) is -0.0311. The maximum atomic E-state index is 11.0. The van der Waals surface area contributed by atoms with Gasteiger partial charge in [-0.2, -0.15) is 5.10 Å². The summed E-state index contributed by atoms with van der Waals surface area (Å²) in [5.41, 5.74) is 5.25. The average Bonchev–Trinajstić information content (AvgIpc) is 2.90. The number of aromatic amines is 2. The molecule has 102 valence electrons. The van der Waals surface area contributed by atoms with Crippen molar-refractivity contribution in [3.63, 3.8) is 0 Å². The second-order valence-corrected chi connectivity index (χ2v) is 4.92. The topological polar surface area (TPSA) is 81.8 Å². The van der Waals surface area contributed by atoms with Crippen molar-refractivity contribution < 1.29 is 9.90 Å². The number of carboxylic acid groups (broad SMARTS) is 1. The predicted octanol–water partition coefficient (Wildman–Crippen LogP) is 2.80. The molecule has 0 amide bonds. The summed E-state index contributed by atoms with van der Waals surface area (Å²) in [7, 11) is 0. The number of para-hydroxylation sites is 1. The van der Waals surface area contributed by atoms with Crippen LogP contribution >= 0.6 is 0 Å². The Morgan fingerprint density at radius 2 is 2.00 bits per heavy atom. The van der Waals surface area contributed by atoms with E-state index in [9.17, 15) is 4.79 Å². The fraction of sp³-hybridized carbons (Fsp3) is 0.200. The van der Waals surface area contributed by atoms with Crippen molar-refractivity contribution in [2.24, 2.45) is 0 Å². The summed E-state index contributed by atoms with van der Waals surface area (Å²) >= 11 is 0. The maximum absolute atomic E-state index is 11.0. The van der Waals surface area contributed by atoms with E-state index in [0.717, 1.165) is 39.1 Å². The first-order valence-corrected chi connectivity index (χ1v) is 6.41. The van der Waals surface area contributed by atoms with Gasteiger partial charge in [-0.1, -0.05) is 18.2 Å². The van der Waals surface area contributed by atoms with Crippen molar-refractivity contribution in [2.45, 2.75) is 20.3 Å². The van der Waals surface area contributed by atoms with E-state index >= 15 is 0 Å². The molecule has 0 radical (unpaired) electrons. The number of nitrogens with one attached hydrogen (secondary N) is 2. The number of nitrogens with zero attached hydrogens (tertiary/aromatic N) is 1.